The third kappa shape index (κ3) is 2.91. The van der Waals surface area contributed by atoms with Gasteiger partial charge in [-0.2, -0.15) is 4.99 Å². The lowest BCUT2D eigenvalue weighted by atomic mass is 10.1. The Morgan fingerprint density at radius 1 is 1.28 bits per heavy atom. The van der Waals surface area contributed by atoms with Crippen molar-refractivity contribution in [3.8, 4) is 0 Å². The molecule has 0 aliphatic heterocycles. The first-order valence-corrected chi connectivity index (χ1v) is 6.16. The first kappa shape index (κ1) is 12.2. The molecule has 1 N–H and O–H groups in total. The number of thiophene rings is 1. The maximum Gasteiger partial charge on any atom is 0.253 e. The normalized spacial score (nSPS) is 9.56. The molecular weight excluding hydrogens is 248 g/mol. The van der Waals surface area contributed by atoms with Gasteiger partial charge in [0.15, 0.2) is 0 Å². The molecule has 0 unspecified atom stereocenters. The summed E-state index contributed by atoms with van der Waals surface area (Å²) in [5.41, 5.74) is 0.702. The van der Waals surface area contributed by atoms with Crippen LogP contribution in [0.25, 0.3) is 0 Å². The first-order chi connectivity index (χ1) is 8.81. The molecule has 0 saturated carbocycles. The summed E-state index contributed by atoms with van der Waals surface area (Å²) in [6.45, 7) is 0.468. The van der Waals surface area contributed by atoms with Crippen LogP contribution in [0.2, 0.25) is 0 Å². The van der Waals surface area contributed by atoms with E-state index >= 15 is 0 Å². The Labute approximate surface area is 108 Å². The van der Waals surface area contributed by atoms with Crippen LogP contribution >= 0.6 is 11.3 Å². The molecular formula is C13H10N2O2S. The van der Waals surface area contributed by atoms with E-state index in [4.69, 9.17) is 0 Å². The number of isocyanates is 1. The van der Waals surface area contributed by atoms with Gasteiger partial charge in [-0.15, -0.1) is 11.3 Å². The molecule has 2 aromatic rings. The Bertz CT molecular complexity index is 587. The molecule has 0 bridgehead atoms. The minimum atomic E-state index is -0.252. The number of carbonyl (C=O) groups excluding carboxylic acids is 2. The summed E-state index contributed by atoms with van der Waals surface area (Å²) in [4.78, 5) is 26.8. The summed E-state index contributed by atoms with van der Waals surface area (Å²) in [7, 11) is 0. The highest BCUT2D eigenvalue weighted by atomic mass is 32.1. The highest BCUT2D eigenvalue weighted by Crippen LogP contribution is 2.18. The Balaban J connectivity index is 2.11. The van der Waals surface area contributed by atoms with Gasteiger partial charge in [0.2, 0.25) is 6.08 Å². The van der Waals surface area contributed by atoms with E-state index in [2.05, 4.69) is 10.3 Å². The zero-order valence-corrected chi connectivity index (χ0v) is 10.2. The number of hydrogen-bond acceptors (Lipinski definition) is 4. The van der Waals surface area contributed by atoms with Gasteiger partial charge < -0.3 is 5.32 Å². The molecule has 4 nitrogen and oxygen atoms in total. The lowest BCUT2D eigenvalue weighted by molar-refractivity contribution is 0.0952. The van der Waals surface area contributed by atoms with Gasteiger partial charge in [0.05, 0.1) is 17.8 Å². The minimum Gasteiger partial charge on any atom is -0.347 e. The summed E-state index contributed by atoms with van der Waals surface area (Å²) in [5.74, 6) is -0.252. The van der Waals surface area contributed by atoms with E-state index in [9.17, 15) is 9.59 Å². The van der Waals surface area contributed by atoms with Crippen molar-refractivity contribution in [1.82, 2.24) is 5.32 Å². The summed E-state index contributed by atoms with van der Waals surface area (Å²) >= 11 is 1.57. The van der Waals surface area contributed by atoms with Gasteiger partial charge in [-0.1, -0.05) is 18.2 Å². The molecule has 0 aliphatic rings. The standard InChI is InChI=1S/C13H10N2O2S/c16-9-15-12-6-2-1-5-11(12)13(17)14-8-10-4-3-7-18-10/h1-7H,8H2,(H,14,17). The number of rotatable bonds is 4. The highest BCUT2D eigenvalue weighted by Gasteiger charge is 2.10. The van der Waals surface area contributed by atoms with Crippen molar-refractivity contribution in [2.75, 3.05) is 0 Å². The number of amides is 1. The number of nitrogens with one attached hydrogen (secondary N) is 1. The quantitative estimate of drug-likeness (QED) is 0.677. The summed E-state index contributed by atoms with van der Waals surface area (Å²) in [5, 5.41) is 4.73. The summed E-state index contributed by atoms with van der Waals surface area (Å²) < 4.78 is 0. The van der Waals surface area contributed by atoms with Crippen molar-refractivity contribution in [3.05, 3.63) is 52.2 Å². The van der Waals surface area contributed by atoms with E-state index < -0.39 is 0 Å². The Hall–Kier alpha value is -2.23. The van der Waals surface area contributed by atoms with Crippen LogP contribution in [0, 0.1) is 0 Å². The van der Waals surface area contributed by atoms with Gasteiger partial charge in [-0.05, 0) is 23.6 Å². The van der Waals surface area contributed by atoms with E-state index in [1.807, 2.05) is 17.5 Å². The fraction of sp³-hybridized carbons (Fsp3) is 0.0769. The fourth-order valence-electron chi connectivity index (χ4n) is 1.49. The van der Waals surface area contributed by atoms with Crippen LogP contribution in [0.15, 0.2) is 46.8 Å². The molecule has 0 radical (unpaired) electrons. The zero-order valence-electron chi connectivity index (χ0n) is 9.42. The first-order valence-electron chi connectivity index (χ1n) is 5.29. The predicted octanol–water partition coefficient (Wildman–Crippen LogP) is 2.65. The van der Waals surface area contributed by atoms with Gasteiger partial charge >= 0.3 is 0 Å². The van der Waals surface area contributed by atoms with Gasteiger partial charge in [-0.3, -0.25) is 4.79 Å². The minimum absolute atomic E-state index is 0.252. The van der Waals surface area contributed by atoms with Gasteiger partial charge in [0.1, 0.15) is 0 Å². The largest absolute Gasteiger partial charge is 0.347 e. The number of carbonyl (C=O) groups is 1. The molecule has 1 aromatic carbocycles. The molecule has 0 saturated heterocycles. The summed E-state index contributed by atoms with van der Waals surface area (Å²) in [6, 6.07) is 10.5. The second kappa shape index (κ2) is 5.91. The second-order valence-corrected chi connectivity index (χ2v) is 4.51. The van der Waals surface area contributed by atoms with Crippen molar-refractivity contribution < 1.29 is 9.59 Å². The predicted molar refractivity (Wildman–Crippen MR) is 69.7 cm³/mol. The van der Waals surface area contributed by atoms with Gasteiger partial charge in [0, 0.05) is 4.88 Å². The van der Waals surface area contributed by atoms with Crippen LogP contribution in [0.3, 0.4) is 0 Å². The van der Waals surface area contributed by atoms with Crippen molar-refractivity contribution in [1.29, 1.82) is 0 Å². The highest BCUT2D eigenvalue weighted by molar-refractivity contribution is 7.09. The van der Waals surface area contributed by atoms with Crippen LogP contribution in [-0.4, -0.2) is 12.0 Å². The van der Waals surface area contributed by atoms with Crippen molar-refractivity contribution in [2.45, 2.75) is 6.54 Å². The van der Waals surface area contributed by atoms with Crippen LogP contribution in [-0.2, 0) is 11.3 Å². The lowest BCUT2D eigenvalue weighted by Crippen LogP contribution is -2.22. The lowest BCUT2D eigenvalue weighted by Gasteiger charge is -2.05. The van der Waals surface area contributed by atoms with E-state index in [0.29, 0.717) is 17.8 Å². The maximum absolute atomic E-state index is 11.9. The number of para-hydroxylation sites is 1. The van der Waals surface area contributed by atoms with Crippen LogP contribution in [0.5, 0.6) is 0 Å². The molecule has 0 aliphatic carbocycles. The topological polar surface area (TPSA) is 58.5 Å². The van der Waals surface area contributed by atoms with E-state index in [-0.39, 0.29) is 5.91 Å². The second-order valence-electron chi connectivity index (χ2n) is 3.48. The van der Waals surface area contributed by atoms with Crippen molar-refractivity contribution in [2.24, 2.45) is 4.99 Å². The number of aliphatic imine (C=N–C) groups is 1. The zero-order chi connectivity index (χ0) is 12.8. The smallest absolute Gasteiger partial charge is 0.253 e. The molecule has 18 heavy (non-hydrogen) atoms. The third-order valence-electron chi connectivity index (χ3n) is 2.32. The number of benzene rings is 1. The SMILES string of the molecule is O=C=Nc1ccccc1C(=O)NCc1cccs1. The van der Waals surface area contributed by atoms with E-state index in [1.165, 1.54) is 6.08 Å². The molecule has 1 heterocycles. The Morgan fingerprint density at radius 2 is 2.11 bits per heavy atom. The third-order valence-corrected chi connectivity index (χ3v) is 3.19. The average molecular weight is 258 g/mol. The molecule has 1 aromatic heterocycles. The molecule has 1 amide bonds. The molecule has 5 heteroatoms. The van der Waals surface area contributed by atoms with Crippen LogP contribution in [0.1, 0.15) is 15.2 Å². The molecule has 2 rings (SSSR count). The molecule has 0 atom stereocenters. The molecule has 90 valence electrons. The van der Waals surface area contributed by atoms with Crippen molar-refractivity contribution in [3.63, 3.8) is 0 Å². The fourth-order valence-corrected chi connectivity index (χ4v) is 2.13. The van der Waals surface area contributed by atoms with E-state index in [0.717, 1.165) is 4.88 Å². The Morgan fingerprint density at radius 3 is 2.83 bits per heavy atom. The molecule has 0 fully saturated rings. The molecule has 0 spiro atoms. The number of nitrogens with zero attached hydrogens (tertiary/aromatic N) is 1. The maximum atomic E-state index is 11.9. The Kier molecular flexibility index (Phi) is 4.02. The van der Waals surface area contributed by atoms with Crippen LogP contribution < -0.4 is 5.32 Å². The van der Waals surface area contributed by atoms with Crippen molar-refractivity contribution >= 4 is 29.0 Å². The monoisotopic (exact) mass is 258 g/mol. The van der Waals surface area contributed by atoms with Gasteiger partial charge in [-0.25, -0.2) is 4.79 Å². The van der Waals surface area contributed by atoms with Crippen LogP contribution in [0.4, 0.5) is 5.69 Å². The van der Waals surface area contributed by atoms with E-state index in [1.54, 1.807) is 35.6 Å². The number of hydrogen-bond donors (Lipinski definition) is 1. The average Bonchev–Trinajstić information content (AvgIpc) is 2.90. The summed E-state index contributed by atoms with van der Waals surface area (Å²) in [6.07, 6.45) is 1.45. The van der Waals surface area contributed by atoms with Gasteiger partial charge in [0.25, 0.3) is 5.91 Å².